The number of carbonyl (C=O) groups excluding carboxylic acids is 1. The summed E-state index contributed by atoms with van der Waals surface area (Å²) in [5, 5.41) is 0. The molecule has 0 aromatic carbocycles. The van der Waals surface area contributed by atoms with Crippen LogP contribution in [0.4, 0.5) is 10.6 Å². The number of aryl methyl sites for hydroxylation is 2. The number of hydrogen-bond donors (Lipinski definition) is 0. The van der Waals surface area contributed by atoms with Crippen LogP contribution in [0.15, 0.2) is 30.9 Å². The van der Waals surface area contributed by atoms with Gasteiger partial charge in [0.05, 0.1) is 19.0 Å². The lowest BCUT2D eigenvalue weighted by molar-refractivity contribution is 0.0218. The highest BCUT2D eigenvalue weighted by atomic mass is 16.6. The minimum absolute atomic E-state index is 0.114. The van der Waals surface area contributed by atoms with Crippen molar-refractivity contribution < 1.29 is 14.3 Å². The van der Waals surface area contributed by atoms with Gasteiger partial charge in [0.2, 0.25) is 0 Å². The third-order valence-electron chi connectivity index (χ3n) is 6.96. The Kier molecular flexibility index (Phi) is 8.35. The number of anilines is 1. The molecule has 1 saturated heterocycles. The number of amides is 1. The Bertz CT molecular complexity index is 1120. The molecule has 1 atom stereocenters. The van der Waals surface area contributed by atoms with E-state index in [-0.39, 0.29) is 12.1 Å². The second-order valence-corrected chi connectivity index (χ2v) is 11.1. The maximum Gasteiger partial charge on any atom is 0.410 e. The van der Waals surface area contributed by atoms with Crippen LogP contribution in [0, 0.1) is 5.92 Å². The third kappa shape index (κ3) is 6.79. The highest BCUT2D eigenvalue weighted by molar-refractivity contribution is 5.79. The minimum Gasteiger partial charge on any atom is -0.495 e. The van der Waals surface area contributed by atoms with Crippen molar-refractivity contribution in [1.82, 2.24) is 19.9 Å². The summed E-state index contributed by atoms with van der Waals surface area (Å²) in [5.74, 6) is 2.35. The summed E-state index contributed by atoms with van der Waals surface area (Å²) in [6, 6.07) is 2.16. The first-order valence-corrected chi connectivity index (χ1v) is 13.4. The Morgan fingerprint density at radius 3 is 2.59 bits per heavy atom. The van der Waals surface area contributed by atoms with Gasteiger partial charge in [0.1, 0.15) is 23.5 Å². The molecule has 3 heterocycles. The predicted molar refractivity (Wildman–Crippen MR) is 146 cm³/mol. The van der Waals surface area contributed by atoms with E-state index in [1.54, 1.807) is 19.6 Å². The molecule has 0 radical (unpaired) electrons. The number of aromatic nitrogens is 3. The van der Waals surface area contributed by atoms with Gasteiger partial charge in [-0.05, 0) is 89.8 Å². The van der Waals surface area contributed by atoms with E-state index in [0.29, 0.717) is 25.6 Å². The van der Waals surface area contributed by atoms with Gasteiger partial charge < -0.3 is 19.3 Å². The lowest BCUT2D eigenvalue weighted by atomic mass is 9.95. The van der Waals surface area contributed by atoms with Gasteiger partial charge in [0, 0.05) is 37.4 Å². The first-order valence-electron chi connectivity index (χ1n) is 13.4. The number of allylic oxidation sites excluding steroid dienone is 2. The predicted octanol–water partition coefficient (Wildman–Crippen LogP) is 5.31. The van der Waals surface area contributed by atoms with Gasteiger partial charge in [0.15, 0.2) is 0 Å². The third-order valence-corrected chi connectivity index (χ3v) is 6.96. The molecule has 1 saturated carbocycles. The highest BCUT2D eigenvalue weighted by Gasteiger charge is 2.35. The van der Waals surface area contributed by atoms with Crippen molar-refractivity contribution >= 4 is 17.5 Å². The fraction of sp³-hybridized carbons (Fsp3) is 0.586. The van der Waals surface area contributed by atoms with Crippen LogP contribution in [0.2, 0.25) is 0 Å². The summed E-state index contributed by atoms with van der Waals surface area (Å²) in [5.41, 5.74) is 4.31. The van der Waals surface area contributed by atoms with Crippen molar-refractivity contribution in [3.63, 3.8) is 0 Å². The molecule has 8 nitrogen and oxygen atoms in total. The Balaban J connectivity index is 1.54. The van der Waals surface area contributed by atoms with Crippen molar-refractivity contribution in [3.8, 4) is 5.75 Å². The number of hydrogen-bond acceptors (Lipinski definition) is 7. The molecular weight excluding hydrogens is 466 g/mol. The first kappa shape index (κ1) is 26.9. The molecule has 0 unspecified atom stereocenters. The number of nitrogens with zero attached hydrogens (tertiary/aromatic N) is 5. The van der Waals surface area contributed by atoms with Gasteiger partial charge in [-0.15, -0.1) is 0 Å². The summed E-state index contributed by atoms with van der Waals surface area (Å²) in [7, 11) is 1.67. The van der Waals surface area contributed by atoms with Gasteiger partial charge in [0.25, 0.3) is 0 Å². The fourth-order valence-electron chi connectivity index (χ4n) is 5.03. The monoisotopic (exact) mass is 507 g/mol. The Morgan fingerprint density at radius 1 is 1.16 bits per heavy atom. The van der Waals surface area contributed by atoms with Gasteiger partial charge >= 0.3 is 6.09 Å². The van der Waals surface area contributed by atoms with E-state index >= 15 is 0 Å². The van der Waals surface area contributed by atoms with Crippen LogP contribution in [0.25, 0.3) is 5.57 Å². The number of carbonyl (C=O) groups is 1. The molecule has 1 aliphatic carbocycles. The Hall–Kier alpha value is -3.16. The van der Waals surface area contributed by atoms with Crippen LogP contribution >= 0.6 is 0 Å². The van der Waals surface area contributed by atoms with Gasteiger partial charge in [-0.1, -0.05) is 6.08 Å². The molecule has 8 heteroatoms. The summed E-state index contributed by atoms with van der Waals surface area (Å²) >= 11 is 0. The smallest absolute Gasteiger partial charge is 0.410 e. The van der Waals surface area contributed by atoms with Gasteiger partial charge in [-0.3, -0.25) is 4.98 Å². The molecule has 200 valence electrons. The van der Waals surface area contributed by atoms with Crippen LogP contribution in [-0.2, 0) is 17.6 Å². The van der Waals surface area contributed by atoms with Crippen molar-refractivity contribution in [2.75, 3.05) is 31.6 Å². The van der Waals surface area contributed by atoms with E-state index in [1.165, 1.54) is 24.0 Å². The highest BCUT2D eigenvalue weighted by Crippen LogP contribution is 2.45. The molecule has 1 aliphatic heterocycles. The molecule has 2 fully saturated rings. The molecule has 0 bridgehead atoms. The maximum absolute atomic E-state index is 12.7. The largest absolute Gasteiger partial charge is 0.495 e. The Labute approximate surface area is 221 Å². The standard InChI is InChI=1S/C29H41N5O3/c1-7-24(22-11-12-22)26-25(10-8-9-21-15-23(36-6)17-30-16-21)31-19-32-27(26)34-14-13-33(18-20(34)2)28(35)37-29(3,4)5/h7,15-17,19-20,22H,8-14,18H2,1-6H3/b24-7-/t20-/m0/s1. The van der Waals surface area contributed by atoms with Gasteiger partial charge in [-0.25, -0.2) is 14.8 Å². The van der Waals surface area contributed by atoms with Crippen LogP contribution in [0.3, 0.4) is 0 Å². The SMILES string of the molecule is C/C=C(\c1c(CCCc2cncc(OC)c2)ncnc1N1CCN(C(=O)OC(C)(C)C)C[C@@H]1C)C1CC1. The molecular formula is C29H41N5O3. The van der Waals surface area contributed by atoms with Crippen LogP contribution in [0.5, 0.6) is 5.75 Å². The zero-order chi connectivity index (χ0) is 26.6. The van der Waals surface area contributed by atoms with Crippen molar-refractivity contribution in [3.05, 3.63) is 47.7 Å². The summed E-state index contributed by atoms with van der Waals surface area (Å²) in [6.07, 6.45) is 12.5. The second kappa shape index (κ2) is 11.5. The van der Waals surface area contributed by atoms with Crippen LogP contribution < -0.4 is 9.64 Å². The van der Waals surface area contributed by atoms with E-state index in [0.717, 1.165) is 42.1 Å². The van der Waals surface area contributed by atoms with Gasteiger partial charge in [-0.2, -0.15) is 0 Å². The van der Waals surface area contributed by atoms with E-state index in [9.17, 15) is 4.79 Å². The van der Waals surface area contributed by atoms with E-state index < -0.39 is 5.60 Å². The number of pyridine rings is 1. The average molecular weight is 508 g/mol. The zero-order valence-corrected chi connectivity index (χ0v) is 23.2. The number of rotatable bonds is 8. The minimum atomic E-state index is -0.502. The molecule has 0 N–H and O–H groups in total. The fourth-order valence-corrected chi connectivity index (χ4v) is 5.03. The molecule has 4 rings (SSSR count). The van der Waals surface area contributed by atoms with E-state index in [2.05, 4.69) is 29.8 Å². The average Bonchev–Trinajstić information content (AvgIpc) is 3.70. The van der Waals surface area contributed by atoms with Crippen LogP contribution in [-0.4, -0.2) is 64.3 Å². The molecule has 37 heavy (non-hydrogen) atoms. The normalized spacial score (nSPS) is 18.6. The Morgan fingerprint density at radius 2 is 1.95 bits per heavy atom. The van der Waals surface area contributed by atoms with Crippen molar-refractivity contribution in [2.45, 2.75) is 78.4 Å². The molecule has 2 aromatic rings. The van der Waals surface area contributed by atoms with Crippen molar-refractivity contribution in [1.29, 1.82) is 0 Å². The molecule has 0 spiro atoms. The number of piperazine rings is 1. The molecule has 1 amide bonds. The second-order valence-electron chi connectivity index (χ2n) is 11.1. The topological polar surface area (TPSA) is 80.7 Å². The summed E-state index contributed by atoms with van der Waals surface area (Å²) in [6.45, 7) is 11.9. The lowest BCUT2D eigenvalue weighted by Gasteiger charge is -2.41. The van der Waals surface area contributed by atoms with Crippen molar-refractivity contribution in [2.24, 2.45) is 5.92 Å². The van der Waals surface area contributed by atoms with E-state index in [4.69, 9.17) is 19.4 Å². The first-order chi connectivity index (χ1) is 17.7. The molecule has 2 aromatic heterocycles. The van der Waals surface area contributed by atoms with Crippen LogP contribution in [0.1, 0.15) is 70.7 Å². The number of methoxy groups -OCH3 is 1. The quantitative estimate of drug-likeness (QED) is 0.479. The van der Waals surface area contributed by atoms with E-state index in [1.807, 2.05) is 37.9 Å². The molecule has 2 aliphatic rings. The number of ether oxygens (including phenoxy) is 2. The summed E-state index contributed by atoms with van der Waals surface area (Å²) in [4.78, 5) is 30.7. The maximum atomic E-state index is 12.7. The lowest BCUT2D eigenvalue weighted by Crippen LogP contribution is -2.55. The summed E-state index contributed by atoms with van der Waals surface area (Å²) < 4.78 is 10.9. The zero-order valence-electron chi connectivity index (χ0n) is 23.2.